The standard InChI is InChI=1S/C23H25N7O4S/c24-23(25)26-11-5-7-16-21(31)28-17(22(32)27-16)12-14-13-29(18-8-2-1-6-15(14)18)35-20-10-4-3-9-19(20)30(33)34/h1-4,6,8-10,13,16-17H,5,7,11-12H2,(H,27,32)(H,28,31)(H4,24,25,26)/t16-,17-/m1/s1. The fraction of sp³-hybridized carbons (Fsp3) is 0.261. The number of guanidine groups is 1. The van der Waals surface area contributed by atoms with E-state index >= 15 is 0 Å². The van der Waals surface area contributed by atoms with Crippen LogP contribution in [0.3, 0.4) is 0 Å². The first-order valence-corrected chi connectivity index (χ1v) is 11.8. The molecule has 3 aromatic rings. The highest BCUT2D eigenvalue weighted by Crippen LogP contribution is 2.34. The van der Waals surface area contributed by atoms with Crippen molar-refractivity contribution in [3.63, 3.8) is 0 Å². The van der Waals surface area contributed by atoms with Gasteiger partial charge in [-0.3, -0.25) is 28.7 Å². The van der Waals surface area contributed by atoms with Crippen LogP contribution in [0.25, 0.3) is 10.9 Å². The Balaban J connectivity index is 1.51. The number of aliphatic imine (C=N–C) groups is 1. The lowest BCUT2D eigenvalue weighted by atomic mass is 10.00. The van der Waals surface area contributed by atoms with Crippen molar-refractivity contribution in [1.29, 1.82) is 0 Å². The molecule has 1 saturated heterocycles. The zero-order valence-corrected chi connectivity index (χ0v) is 19.5. The average Bonchev–Trinajstić information content (AvgIpc) is 3.17. The van der Waals surface area contributed by atoms with Gasteiger partial charge in [-0.25, -0.2) is 0 Å². The maximum atomic E-state index is 12.8. The van der Waals surface area contributed by atoms with E-state index in [1.165, 1.54) is 18.0 Å². The highest BCUT2D eigenvalue weighted by molar-refractivity contribution is 7.98. The molecular weight excluding hydrogens is 470 g/mol. The molecule has 2 heterocycles. The van der Waals surface area contributed by atoms with Crippen molar-refractivity contribution in [2.24, 2.45) is 16.5 Å². The molecule has 1 fully saturated rings. The normalized spacial score (nSPS) is 17.6. The van der Waals surface area contributed by atoms with E-state index < -0.39 is 17.0 Å². The van der Waals surface area contributed by atoms with Crippen LogP contribution in [-0.2, 0) is 16.0 Å². The van der Waals surface area contributed by atoms with E-state index in [1.54, 1.807) is 18.2 Å². The van der Waals surface area contributed by atoms with Crippen LogP contribution in [0, 0.1) is 10.1 Å². The first-order valence-electron chi connectivity index (χ1n) is 11.0. The number of piperazine rings is 1. The first kappa shape index (κ1) is 24.1. The number of nitro groups is 1. The van der Waals surface area contributed by atoms with Gasteiger partial charge >= 0.3 is 0 Å². The van der Waals surface area contributed by atoms with E-state index in [4.69, 9.17) is 11.5 Å². The number of para-hydroxylation sites is 2. The molecule has 12 heteroatoms. The predicted molar refractivity (Wildman–Crippen MR) is 134 cm³/mol. The summed E-state index contributed by atoms with van der Waals surface area (Å²) in [6, 6.07) is 12.8. The molecule has 35 heavy (non-hydrogen) atoms. The third-order valence-corrected chi connectivity index (χ3v) is 6.70. The summed E-state index contributed by atoms with van der Waals surface area (Å²) in [6.45, 7) is 0.377. The molecule has 11 nitrogen and oxygen atoms in total. The Bertz CT molecular complexity index is 1300. The number of nitro benzene ring substituents is 1. The zero-order chi connectivity index (χ0) is 24.9. The third-order valence-electron chi connectivity index (χ3n) is 5.65. The van der Waals surface area contributed by atoms with Crippen molar-refractivity contribution in [3.05, 3.63) is 70.4 Å². The first-order chi connectivity index (χ1) is 16.8. The Kier molecular flexibility index (Phi) is 7.20. The van der Waals surface area contributed by atoms with Crippen LogP contribution < -0.4 is 22.1 Å². The van der Waals surface area contributed by atoms with Crippen LogP contribution in [0.15, 0.2) is 64.6 Å². The van der Waals surface area contributed by atoms with Crippen molar-refractivity contribution in [2.75, 3.05) is 6.54 Å². The van der Waals surface area contributed by atoms with Gasteiger partial charge in [0.25, 0.3) is 5.69 Å². The van der Waals surface area contributed by atoms with Gasteiger partial charge in [-0.2, -0.15) is 0 Å². The van der Waals surface area contributed by atoms with Crippen molar-refractivity contribution < 1.29 is 14.5 Å². The number of rotatable bonds is 9. The number of fused-ring (bicyclic) bond motifs is 1. The van der Waals surface area contributed by atoms with Crippen LogP contribution >= 0.6 is 11.9 Å². The summed E-state index contributed by atoms with van der Waals surface area (Å²) in [5.74, 6) is -0.529. The molecular formula is C23H25N7O4S. The van der Waals surface area contributed by atoms with Crippen LogP contribution in [0.5, 0.6) is 0 Å². The number of carbonyl (C=O) groups excluding carboxylic acids is 2. The molecule has 1 aromatic heterocycles. The number of benzene rings is 2. The topological polar surface area (TPSA) is 171 Å². The lowest BCUT2D eigenvalue weighted by molar-refractivity contribution is -0.387. The quantitative estimate of drug-likeness (QED) is 0.115. The number of nitrogens with two attached hydrogens (primary N) is 2. The van der Waals surface area contributed by atoms with Gasteiger partial charge in [0.15, 0.2) is 5.96 Å². The van der Waals surface area contributed by atoms with Crippen LogP contribution in [-0.4, -0.2) is 45.3 Å². The molecule has 0 unspecified atom stereocenters. The molecule has 2 amide bonds. The fourth-order valence-electron chi connectivity index (χ4n) is 3.99. The third kappa shape index (κ3) is 5.54. The summed E-state index contributed by atoms with van der Waals surface area (Å²) < 4.78 is 1.85. The SMILES string of the molecule is NC(N)=NCCC[C@H]1NC(=O)[C@@H](Cc2cn(Sc3ccccc3[N+](=O)[O-])c3ccccc23)NC1=O. The number of hydrogen-bond donors (Lipinski definition) is 4. The van der Waals surface area contributed by atoms with Crippen molar-refractivity contribution in [1.82, 2.24) is 14.6 Å². The Labute approximate surface area is 205 Å². The van der Waals surface area contributed by atoms with Gasteiger partial charge in [0.05, 0.1) is 10.4 Å². The molecule has 2 atom stereocenters. The van der Waals surface area contributed by atoms with Crippen LogP contribution in [0.1, 0.15) is 18.4 Å². The van der Waals surface area contributed by atoms with E-state index in [0.29, 0.717) is 24.3 Å². The Hall–Kier alpha value is -4.06. The molecule has 1 aliphatic heterocycles. The molecule has 0 saturated carbocycles. The summed E-state index contributed by atoms with van der Waals surface area (Å²) in [4.78, 5) is 40.8. The largest absolute Gasteiger partial charge is 0.370 e. The van der Waals surface area contributed by atoms with E-state index in [1.807, 2.05) is 34.4 Å². The molecule has 0 bridgehead atoms. The summed E-state index contributed by atoms with van der Waals surface area (Å²) in [7, 11) is 0. The summed E-state index contributed by atoms with van der Waals surface area (Å²) in [5.41, 5.74) is 12.3. The second kappa shape index (κ2) is 10.5. The fourth-order valence-corrected chi connectivity index (χ4v) is 5.02. The molecule has 182 valence electrons. The Morgan fingerprint density at radius 3 is 2.51 bits per heavy atom. The van der Waals surface area contributed by atoms with Gasteiger partial charge in [0, 0.05) is 30.6 Å². The van der Waals surface area contributed by atoms with E-state index in [9.17, 15) is 19.7 Å². The highest BCUT2D eigenvalue weighted by Gasteiger charge is 2.33. The predicted octanol–water partition coefficient (Wildman–Crippen LogP) is 1.68. The lowest BCUT2D eigenvalue weighted by Crippen LogP contribution is -2.62. The van der Waals surface area contributed by atoms with Gasteiger partial charge in [-0.1, -0.05) is 30.3 Å². The monoisotopic (exact) mass is 495 g/mol. The second-order valence-electron chi connectivity index (χ2n) is 8.09. The Morgan fingerprint density at radius 1 is 1.06 bits per heavy atom. The van der Waals surface area contributed by atoms with E-state index in [2.05, 4.69) is 15.6 Å². The van der Waals surface area contributed by atoms with E-state index in [-0.39, 0.29) is 29.9 Å². The van der Waals surface area contributed by atoms with Gasteiger partial charge in [0.1, 0.15) is 17.0 Å². The number of aromatic nitrogens is 1. The number of hydrogen-bond acceptors (Lipinski definition) is 6. The molecule has 0 radical (unpaired) electrons. The molecule has 0 spiro atoms. The molecule has 0 aliphatic carbocycles. The minimum Gasteiger partial charge on any atom is -0.370 e. The van der Waals surface area contributed by atoms with Crippen LogP contribution in [0.2, 0.25) is 0 Å². The lowest BCUT2D eigenvalue weighted by Gasteiger charge is -2.29. The van der Waals surface area contributed by atoms with Crippen molar-refractivity contribution in [3.8, 4) is 0 Å². The highest BCUT2D eigenvalue weighted by atomic mass is 32.2. The maximum absolute atomic E-state index is 12.8. The number of nitrogens with one attached hydrogen (secondary N) is 2. The van der Waals surface area contributed by atoms with Crippen molar-refractivity contribution >= 4 is 46.3 Å². The molecule has 2 aromatic carbocycles. The van der Waals surface area contributed by atoms with Gasteiger partial charge in [0.2, 0.25) is 11.8 Å². The Morgan fingerprint density at radius 2 is 1.74 bits per heavy atom. The number of amides is 2. The maximum Gasteiger partial charge on any atom is 0.284 e. The second-order valence-corrected chi connectivity index (χ2v) is 9.10. The molecule has 1 aliphatic rings. The van der Waals surface area contributed by atoms with Gasteiger partial charge in [-0.15, -0.1) is 0 Å². The van der Waals surface area contributed by atoms with Crippen LogP contribution in [0.4, 0.5) is 5.69 Å². The van der Waals surface area contributed by atoms with Gasteiger partial charge < -0.3 is 22.1 Å². The summed E-state index contributed by atoms with van der Waals surface area (Å²) in [5, 5.41) is 17.9. The summed E-state index contributed by atoms with van der Waals surface area (Å²) in [6.07, 6.45) is 3.11. The summed E-state index contributed by atoms with van der Waals surface area (Å²) >= 11 is 1.23. The average molecular weight is 496 g/mol. The number of nitrogens with zero attached hydrogens (tertiary/aromatic N) is 3. The molecule has 4 rings (SSSR count). The van der Waals surface area contributed by atoms with Crippen molar-refractivity contribution in [2.45, 2.75) is 36.2 Å². The minimum atomic E-state index is -0.730. The van der Waals surface area contributed by atoms with E-state index in [0.717, 1.165) is 16.5 Å². The zero-order valence-electron chi connectivity index (χ0n) is 18.7. The minimum absolute atomic E-state index is 0.0126. The van der Waals surface area contributed by atoms with Gasteiger partial charge in [-0.05, 0) is 42.5 Å². The smallest absolute Gasteiger partial charge is 0.284 e. The number of carbonyl (C=O) groups is 2. The molecule has 6 N–H and O–H groups in total.